The molecule has 0 fully saturated rings. The minimum absolute atomic E-state index is 0.250. The molecular formula is C11H10F3N3OS. The second-order valence-corrected chi connectivity index (χ2v) is 4.39. The molecule has 102 valence electrons. The fraction of sp³-hybridized carbons (Fsp3) is 0.273. The van der Waals surface area contributed by atoms with Crippen molar-refractivity contribution < 1.29 is 17.9 Å². The molecule has 1 aromatic heterocycles. The highest BCUT2D eigenvalue weighted by Gasteiger charge is 2.30. The van der Waals surface area contributed by atoms with Crippen LogP contribution >= 0.6 is 11.7 Å². The van der Waals surface area contributed by atoms with Crippen molar-refractivity contribution in [3.63, 3.8) is 0 Å². The summed E-state index contributed by atoms with van der Waals surface area (Å²) in [5.74, 6) is -0.250. The molecule has 4 nitrogen and oxygen atoms in total. The van der Waals surface area contributed by atoms with E-state index in [1.165, 1.54) is 12.1 Å². The lowest BCUT2D eigenvalue weighted by atomic mass is 10.0. The first kappa shape index (κ1) is 13.8. The van der Waals surface area contributed by atoms with Gasteiger partial charge in [-0.2, -0.15) is 8.75 Å². The second kappa shape index (κ2) is 5.54. The molecule has 1 unspecified atom stereocenters. The van der Waals surface area contributed by atoms with Crippen molar-refractivity contribution in [1.29, 1.82) is 0 Å². The summed E-state index contributed by atoms with van der Waals surface area (Å²) < 4.78 is 47.6. The van der Waals surface area contributed by atoms with Crippen LogP contribution in [0.2, 0.25) is 0 Å². The van der Waals surface area contributed by atoms with Crippen LogP contribution in [0.5, 0.6) is 5.75 Å². The van der Waals surface area contributed by atoms with E-state index < -0.39 is 6.36 Å². The Balaban J connectivity index is 1.99. The Morgan fingerprint density at radius 2 is 1.95 bits per heavy atom. The molecule has 2 rings (SSSR count). The summed E-state index contributed by atoms with van der Waals surface area (Å²) in [6.45, 7) is 0. The number of benzene rings is 1. The third kappa shape index (κ3) is 4.18. The predicted molar refractivity (Wildman–Crippen MR) is 63.7 cm³/mol. The minimum Gasteiger partial charge on any atom is -0.406 e. The van der Waals surface area contributed by atoms with E-state index in [0.717, 1.165) is 17.3 Å². The summed E-state index contributed by atoms with van der Waals surface area (Å²) >= 11 is 1.06. The van der Waals surface area contributed by atoms with Gasteiger partial charge in [-0.3, -0.25) is 0 Å². The van der Waals surface area contributed by atoms with Gasteiger partial charge in [-0.05, 0) is 24.1 Å². The zero-order valence-corrected chi connectivity index (χ0v) is 10.4. The van der Waals surface area contributed by atoms with Crippen LogP contribution in [0.25, 0.3) is 0 Å². The van der Waals surface area contributed by atoms with E-state index in [1.807, 2.05) is 0 Å². The number of nitrogens with two attached hydrogens (primary N) is 1. The summed E-state index contributed by atoms with van der Waals surface area (Å²) in [6.07, 6.45) is -2.63. The maximum atomic E-state index is 12.0. The Morgan fingerprint density at radius 3 is 2.47 bits per heavy atom. The first-order valence-electron chi connectivity index (χ1n) is 5.32. The Kier molecular flexibility index (Phi) is 4.01. The van der Waals surface area contributed by atoms with E-state index in [-0.39, 0.29) is 11.8 Å². The van der Waals surface area contributed by atoms with Crippen LogP contribution < -0.4 is 10.5 Å². The SMILES string of the molecule is NC(Cc1ccc(OC(F)(F)F)cc1)c1cnsn1. The molecule has 0 saturated heterocycles. The first-order valence-corrected chi connectivity index (χ1v) is 6.05. The first-order chi connectivity index (χ1) is 8.94. The summed E-state index contributed by atoms with van der Waals surface area (Å²) in [5, 5.41) is 0. The normalized spacial score (nSPS) is 13.3. The van der Waals surface area contributed by atoms with Gasteiger partial charge in [0.05, 0.1) is 29.7 Å². The van der Waals surface area contributed by atoms with E-state index in [4.69, 9.17) is 5.73 Å². The maximum Gasteiger partial charge on any atom is 0.573 e. The zero-order chi connectivity index (χ0) is 13.9. The number of hydrogen-bond acceptors (Lipinski definition) is 5. The third-order valence-electron chi connectivity index (χ3n) is 2.37. The van der Waals surface area contributed by atoms with Gasteiger partial charge in [0.2, 0.25) is 0 Å². The molecule has 1 aromatic carbocycles. The van der Waals surface area contributed by atoms with Gasteiger partial charge in [0, 0.05) is 0 Å². The molecule has 2 N–H and O–H groups in total. The topological polar surface area (TPSA) is 61.0 Å². The van der Waals surface area contributed by atoms with Crippen LogP contribution in [0.15, 0.2) is 30.5 Å². The number of hydrogen-bond donors (Lipinski definition) is 1. The molecule has 0 aliphatic carbocycles. The maximum absolute atomic E-state index is 12.0. The third-order valence-corrected chi connectivity index (χ3v) is 2.86. The van der Waals surface area contributed by atoms with Crippen LogP contribution in [0, 0.1) is 0 Å². The summed E-state index contributed by atoms with van der Waals surface area (Å²) in [4.78, 5) is 0. The minimum atomic E-state index is -4.68. The van der Waals surface area contributed by atoms with E-state index in [1.54, 1.807) is 18.3 Å². The van der Waals surface area contributed by atoms with Gasteiger partial charge in [0.1, 0.15) is 5.75 Å². The predicted octanol–water partition coefficient (Wildman–Crippen LogP) is 2.68. The molecule has 0 saturated carbocycles. The quantitative estimate of drug-likeness (QED) is 0.940. The molecule has 0 amide bonds. The van der Waals surface area contributed by atoms with Crippen molar-refractivity contribution in [2.75, 3.05) is 0 Å². The van der Waals surface area contributed by atoms with Gasteiger partial charge in [0.15, 0.2) is 0 Å². The highest BCUT2D eigenvalue weighted by Crippen LogP contribution is 2.23. The molecule has 0 radical (unpaired) electrons. The van der Waals surface area contributed by atoms with Gasteiger partial charge in [-0.15, -0.1) is 13.2 Å². The number of aromatic nitrogens is 2. The fourth-order valence-corrected chi connectivity index (χ4v) is 2.00. The Hall–Kier alpha value is -1.67. The molecule has 0 bridgehead atoms. The molecular weight excluding hydrogens is 279 g/mol. The van der Waals surface area contributed by atoms with E-state index in [0.29, 0.717) is 12.1 Å². The van der Waals surface area contributed by atoms with Crippen LogP contribution in [0.3, 0.4) is 0 Å². The van der Waals surface area contributed by atoms with Crippen molar-refractivity contribution in [2.45, 2.75) is 18.8 Å². The lowest BCUT2D eigenvalue weighted by Gasteiger charge is -2.11. The van der Waals surface area contributed by atoms with Crippen LogP contribution in [-0.2, 0) is 6.42 Å². The van der Waals surface area contributed by atoms with E-state index in [9.17, 15) is 13.2 Å². The van der Waals surface area contributed by atoms with Crippen LogP contribution in [0.4, 0.5) is 13.2 Å². The molecule has 0 aliphatic rings. The summed E-state index contributed by atoms with van der Waals surface area (Å²) in [5.41, 5.74) is 7.37. The highest BCUT2D eigenvalue weighted by atomic mass is 32.1. The van der Waals surface area contributed by atoms with E-state index >= 15 is 0 Å². The average molecular weight is 289 g/mol. The van der Waals surface area contributed by atoms with Crippen molar-refractivity contribution >= 4 is 11.7 Å². The van der Waals surface area contributed by atoms with Crippen molar-refractivity contribution in [3.8, 4) is 5.75 Å². The Morgan fingerprint density at radius 1 is 1.26 bits per heavy atom. The molecule has 8 heteroatoms. The van der Waals surface area contributed by atoms with Crippen LogP contribution in [-0.4, -0.2) is 15.1 Å². The zero-order valence-electron chi connectivity index (χ0n) is 9.59. The number of nitrogens with zero attached hydrogens (tertiary/aromatic N) is 2. The molecule has 2 aromatic rings. The molecule has 0 spiro atoms. The number of rotatable bonds is 4. The monoisotopic (exact) mass is 289 g/mol. The number of ether oxygens (including phenoxy) is 1. The van der Waals surface area contributed by atoms with Gasteiger partial charge in [-0.25, -0.2) is 0 Å². The smallest absolute Gasteiger partial charge is 0.406 e. The summed E-state index contributed by atoms with van der Waals surface area (Å²) in [6, 6.07) is 5.28. The molecule has 1 atom stereocenters. The summed E-state index contributed by atoms with van der Waals surface area (Å²) in [7, 11) is 0. The average Bonchev–Trinajstić information content (AvgIpc) is 2.83. The Labute approximate surface area is 111 Å². The van der Waals surface area contributed by atoms with Crippen molar-refractivity contribution in [2.24, 2.45) is 5.73 Å². The Bertz CT molecular complexity index is 513. The second-order valence-electron chi connectivity index (χ2n) is 3.83. The van der Waals surface area contributed by atoms with Gasteiger partial charge in [-0.1, -0.05) is 12.1 Å². The highest BCUT2D eigenvalue weighted by molar-refractivity contribution is 6.99. The van der Waals surface area contributed by atoms with Gasteiger partial charge < -0.3 is 10.5 Å². The standard InChI is InChI=1S/C11H10F3N3OS/c12-11(13,14)18-8-3-1-7(2-4-8)5-9(15)10-6-16-19-17-10/h1-4,6,9H,5,15H2. The van der Waals surface area contributed by atoms with Gasteiger partial charge >= 0.3 is 6.36 Å². The van der Waals surface area contributed by atoms with Crippen molar-refractivity contribution in [3.05, 3.63) is 41.7 Å². The lowest BCUT2D eigenvalue weighted by molar-refractivity contribution is -0.274. The number of alkyl halides is 3. The largest absolute Gasteiger partial charge is 0.573 e. The molecule has 0 aliphatic heterocycles. The van der Waals surface area contributed by atoms with Crippen molar-refractivity contribution in [1.82, 2.24) is 8.75 Å². The van der Waals surface area contributed by atoms with E-state index in [2.05, 4.69) is 13.5 Å². The lowest BCUT2D eigenvalue weighted by Crippen LogP contribution is -2.17. The number of halogens is 3. The fourth-order valence-electron chi connectivity index (χ4n) is 1.52. The van der Waals surface area contributed by atoms with Crippen LogP contribution in [0.1, 0.15) is 17.3 Å². The van der Waals surface area contributed by atoms with Gasteiger partial charge in [0.25, 0.3) is 0 Å². The molecule has 19 heavy (non-hydrogen) atoms. The molecule has 1 heterocycles.